The van der Waals surface area contributed by atoms with Gasteiger partial charge in [-0.15, -0.1) is 0 Å². The fraction of sp³-hybridized carbons (Fsp3) is 0.333. The zero-order valence-corrected chi connectivity index (χ0v) is 16.3. The highest BCUT2D eigenvalue weighted by atomic mass is 19.4. The number of carbonyl (C=O) groups is 2. The van der Waals surface area contributed by atoms with E-state index in [-0.39, 0.29) is 12.0 Å². The number of hydrazine groups is 1. The van der Waals surface area contributed by atoms with Gasteiger partial charge in [0.25, 0.3) is 5.91 Å². The molecule has 2 amide bonds. The lowest BCUT2D eigenvalue weighted by molar-refractivity contribution is -0.137. The summed E-state index contributed by atoms with van der Waals surface area (Å²) in [6.07, 6.45) is -4.36. The number of rotatable bonds is 5. The normalized spacial score (nSPS) is 15.0. The maximum absolute atomic E-state index is 12.7. The van der Waals surface area contributed by atoms with Crippen LogP contribution in [0.4, 0.5) is 18.9 Å². The van der Waals surface area contributed by atoms with Crippen molar-refractivity contribution in [2.75, 3.05) is 37.6 Å². The SMILES string of the molecule is O=C(CCN1CCN(c2ccccc2)CC1)NNC(=O)c1cccc(C(F)(F)F)c1. The van der Waals surface area contributed by atoms with Gasteiger partial charge in [-0.05, 0) is 30.3 Å². The van der Waals surface area contributed by atoms with E-state index in [0.29, 0.717) is 6.54 Å². The van der Waals surface area contributed by atoms with Crippen LogP contribution in [0, 0.1) is 0 Å². The van der Waals surface area contributed by atoms with Crippen LogP contribution < -0.4 is 15.8 Å². The van der Waals surface area contributed by atoms with Crippen molar-refractivity contribution in [2.24, 2.45) is 0 Å². The molecule has 2 aromatic rings. The Morgan fingerprint density at radius 1 is 0.900 bits per heavy atom. The predicted molar refractivity (Wildman–Crippen MR) is 107 cm³/mol. The minimum Gasteiger partial charge on any atom is -0.369 e. The fourth-order valence-corrected chi connectivity index (χ4v) is 3.23. The van der Waals surface area contributed by atoms with Gasteiger partial charge in [0.15, 0.2) is 0 Å². The molecule has 160 valence electrons. The Balaban J connectivity index is 1.39. The lowest BCUT2D eigenvalue weighted by Gasteiger charge is -2.36. The first-order chi connectivity index (χ1) is 14.3. The van der Waals surface area contributed by atoms with Gasteiger partial charge in [0.1, 0.15) is 0 Å². The standard InChI is InChI=1S/C21H23F3N4O2/c22-21(23,24)17-6-4-5-16(15-17)20(30)26-25-19(29)9-10-27-11-13-28(14-12-27)18-7-2-1-3-8-18/h1-8,15H,9-14H2,(H,25,29)(H,26,30). The van der Waals surface area contributed by atoms with E-state index in [1.54, 1.807) is 0 Å². The molecule has 0 aliphatic carbocycles. The van der Waals surface area contributed by atoms with Crippen molar-refractivity contribution in [1.82, 2.24) is 15.8 Å². The molecule has 30 heavy (non-hydrogen) atoms. The number of anilines is 1. The molecule has 0 unspecified atom stereocenters. The minimum absolute atomic E-state index is 0.175. The van der Waals surface area contributed by atoms with Gasteiger partial charge in [0.05, 0.1) is 5.56 Å². The molecule has 0 saturated carbocycles. The van der Waals surface area contributed by atoms with E-state index in [4.69, 9.17) is 0 Å². The molecular formula is C21H23F3N4O2. The summed E-state index contributed by atoms with van der Waals surface area (Å²) in [6.45, 7) is 3.89. The van der Waals surface area contributed by atoms with Crippen LogP contribution in [0.25, 0.3) is 0 Å². The second kappa shape index (κ2) is 9.62. The largest absolute Gasteiger partial charge is 0.416 e. The number of para-hydroxylation sites is 1. The molecule has 1 heterocycles. The molecule has 1 saturated heterocycles. The van der Waals surface area contributed by atoms with Gasteiger partial charge in [-0.3, -0.25) is 25.3 Å². The first-order valence-electron chi connectivity index (χ1n) is 9.62. The van der Waals surface area contributed by atoms with Crippen LogP contribution >= 0.6 is 0 Å². The summed E-state index contributed by atoms with van der Waals surface area (Å²) in [5, 5.41) is 0. The Morgan fingerprint density at radius 2 is 1.60 bits per heavy atom. The lowest BCUT2D eigenvalue weighted by Crippen LogP contribution is -2.48. The summed E-state index contributed by atoms with van der Waals surface area (Å²) in [7, 11) is 0. The zero-order chi connectivity index (χ0) is 21.6. The van der Waals surface area contributed by atoms with Gasteiger partial charge in [-0.2, -0.15) is 13.2 Å². The third kappa shape index (κ3) is 5.96. The molecule has 1 aliphatic rings. The van der Waals surface area contributed by atoms with Gasteiger partial charge >= 0.3 is 6.18 Å². The predicted octanol–water partition coefficient (Wildman–Crippen LogP) is 2.68. The maximum Gasteiger partial charge on any atom is 0.416 e. The summed E-state index contributed by atoms with van der Waals surface area (Å²) in [5.74, 6) is -1.20. The number of hydrogen-bond acceptors (Lipinski definition) is 4. The summed E-state index contributed by atoms with van der Waals surface area (Å²) in [6, 6.07) is 14.1. The third-order valence-electron chi connectivity index (χ3n) is 4.92. The van der Waals surface area contributed by atoms with Crippen LogP contribution in [0.3, 0.4) is 0 Å². The van der Waals surface area contributed by atoms with E-state index in [2.05, 4.69) is 32.8 Å². The quantitative estimate of drug-likeness (QED) is 0.731. The van der Waals surface area contributed by atoms with Crippen molar-refractivity contribution >= 4 is 17.5 Å². The molecule has 2 aromatic carbocycles. The molecule has 9 heteroatoms. The van der Waals surface area contributed by atoms with Crippen molar-refractivity contribution in [3.05, 3.63) is 65.7 Å². The van der Waals surface area contributed by atoms with Crippen LogP contribution in [0.5, 0.6) is 0 Å². The van der Waals surface area contributed by atoms with E-state index in [1.165, 1.54) is 11.8 Å². The highest BCUT2D eigenvalue weighted by Gasteiger charge is 2.30. The van der Waals surface area contributed by atoms with E-state index in [9.17, 15) is 22.8 Å². The molecule has 6 nitrogen and oxygen atoms in total. The van der Waals surface area contributed by atoms with Crippen LogP contribution in [0.1, 0.15) is 22.3 Å². The molecule has 0 bridgehead atoms. The first-order valence-corrected chi connectivity index (χ1v) is 9.62. The molecule has 0 radical (unpaired) electrons. The van der Waals surface area contributed by atoms with Crippen LogP contribution in [-0.2, 0) is 11.0 Å². The topological polar surface area (TPSA) is 64.7 Å². The van der Waals surface area contributed by atoms with Crippen LogP contribution in [0.15, 0.2) is 54.6 Å². The lowest BCUT2D eigenvalue weighted by atomic mass is 10.1. The Morgan fingerprint density at radius 3 is 2.27 bits per heavy atom. The number of nitrogens with zero attached hydrogens (tertiary/aromatic N) is 2. The molecule has 3 rings (SSSR count). The number of alkyl halides is 3. The zero-order valence-electron chi connectivity index (χ0n) is 16.3. The second-order valence-electron chi connectivity index (χ2n) is 7.00. The average molecular weight is 420 g/mol. The van der Waals surface area contributed by atoms with Crippen molar-refractivity contribution in [3.8, 4) is 0 Å². The molecule has 0 aromatic heterocycles. The minimum atomic E-state index is -4.54. The molecule has 0 atom stereocenters. The number of benzene rings is 2. The molecular weight excluding hydrogens is 397 g/mol. The number of nitrogens with one attached hydrogen (secondary N) is 2. The Kier molecular flexibility index (Phi) is 6.94. The first kappa shape index (κ1) is 21.6. The Hall–Kier alpha value is -3.07. The number of halogens is 3. The van der Waals surface area contributed by atoms with Gasteiger partial charge in [-0.25, -0.2) is 0 Å². The number of amides is 2. The van der Waals surface area contributed by atoms with Gasteiger partial charge in [-0.1, -0.05) is 24.3 Å². The monoisotopic (exact) mass is 420 g/mol. The summed E-state index contributed by atoms with van der Waals surface area (Å²) in [4.78, 5) is 28.4. The van der Waals surface area contributed by atoms with Crippen LogP contribution in [-0.4, -0.2) is 49.4 Å². The molecule has 1 fully saturated rings. The van der Waals surface area contributed by atoms with Gasteiger partial charge in [0.2, 0.25) is 5.91 Å². The molecule has 1 aliphatic heterocycles. The number of hydrogen-bond donors (Lipinski definition) is 2. The highest BCUT2D eigenvalue weighted by Crippen LogP contribution is 2.29. The number of piperazine rings is 1. The second-order valence-corrected chi connectivity index (χ2v) is 7.00. The summed E-state index contributed by atoms with van der Waals surface area (Å²) < 4.78 is 38.2. The van der Waals surface area contributed by atoms with Gasteiger partial charge in [0, 0.05) is 50.4 Å². The summed E-state index contributed by atoms with van der Waals surface area (Å²) >= 11 is 0. The van der Waals surface area contributed by atoms with Crippen LogP contribution in [0.2, 0.25) is 0 Å². The molecule has 0 spiro atoms. The van der Waals surface area contributed by atoms with Crippen molar-refractivity contribution < 1.29 is 22.8 Å². The maximum atomic E-state index is 12.7. The van der Waals surface area contributed by atoms with Crippen molar-refractivity contribution in [2.45, 2.75) is 12.6 Å². The van der Waals surface area contributed by atoms with Crippen molar-refractivity contribution in [3.63, 3.8) is 0 Å². The Labute approximate surface area is 172 Å². The van der Waals surface area contributed by atoms with Crippen molar-refractivity contribution in [1.29, 1.82) is 0 Å². The third-order valence-corrected chi connectivity index (χ3v) is 4.92. The van der Waals surface area contributed by atoms with E-state index in [1.807, 2.05) is 18.2 Å². The van der Waals surface area contributed by atoms with E-state index in [0.717, 1.165) is 44.4 Å². The molecule has 2 N–H and O–H groups in total. The highest BCUT2D eigenvalue weighted by molar-refractivity contribution is 5.95. The Bertz CT molecular complexity index is 866. The van der Waals surface area contributed by atoms with Gasteiger partial charge < -0.3 is 4.90 Å². The smallest absolute Gasteiger partial charge is 0.369 e. The fourth-order valence-electron chi connectivity index (χ4n) is 3.23. The average Bonchev–Trinajstić information content (AvgIpc) is 2.76. The summed E-state index contributed by atoms with van der Waals surface area (Å²) in [5.41, 5.74) is 4.49. The van der Waals surface area contributed by atoms with E-state index < -0.39 is 23.6 Å². The van der Waals surface area contributed by atoms with E-state index >= 15 is 0 Å². The number of carbonyl (C=O) groups excluding carboxylic acids is 2.